The molecule has 7 heteroatoms. The molecule has 2 N–H and O–H groups in total. The first-order valence-electron chi connectivity index (χ1n) is 8.89. The standard InChI is InChI=1S/C19H28FN5.HI/c1-5-17-15(18(6-2)25(4)24-17)13-23-19(21-7-3)22-12-14-10-8-9-11-16(14)20;/h8-11H,5-7,12-13H2,1-4H3,(H2,21,22,23);1H. The van der Waals surface area contributed by atoms with Gasteiger partial charge in [-0.25, -0.2) is 9.38 Å². The van der Waals surface area contributed by atoms with Crippen LogP contribution in [0, 0.1) is 5.82 Å². The summed E-state index contributed by atoms with van der Waals surface area (Å²) >= 11 is 0. The summed E-state index contributed by atoms with van der Waals surface area (Å²) in [6.07, 6.45) is 1.83. The predicted octanol–water partition coefficient (Wildman–Crippen LogP) is 3.56. The lowest BCUT2D eigenvalue weighted by molar-refractivity contribution is 0.610. The number of guanidine groups is 1. The summed E-state index contributed by atoms with van der Waals surface area (Å²) in [6.45, 7) is 7.97. The van der Waals surface area contributed by atoms with E-state index in [2.05, 4.69) is 34.6 Å². The molecule has 0 aliphatic carbocycles. The summed E-state index contributed by atoms with van der Waals surface area (Å²) in [7, 11) is 1.99. The van der Waals surface area contributed by atoms with Crippen LogP contribution in [0.3, 0.4) is 0 Å². The summed E-state index contributed by atoms with van der Waals surface area (Å²) in [5.74, 6) is 0.453. The summed E-state index contributed by atoms with van der Waals surface area (Å²) in [5.41, 5.74) is 4.15. The van der Waals surface area contributed by atoms with Gasteiger partial charge in [-0.3, -0.25) is 4.68 Å². The first kappa shape index (κ1) is 22.4. The fraction of sp³-hybridized carbons (Fsp3) is 0.474. The van der Waals surface area contributed by atoms with Crippen LogP contribution in [-0.2, 0) is 33.0 Å². The molecule has 1 aromatic heterocycles. The smallest absolute Gasteiger partial charge is 0.191 e. The number of nitrogens with one attached hydrogen (secondary N) is 2. The Balaban J connectivity index is 0.00000338. The van der Waals surface area contributed by atoms with Crippen molar-refractivity contribution in [2.24, 2.45) is 12.0 Å². The third-order valence-electron chi connectivity index (χ3n) is 4.17. The van der Waals surface area contributed by atoms with Crippen LogP contribution >= 0.6 is 24.0 Å². The SMILES string of the molecule is CCNC(=NCc1ccccc1F)NCc1c(CC)nn(C)c1CC.I. The number of hydrogen-bond donors (Lipinski definition) is 2. The lowest BCUT2D eigenvalue weighted by Gasteiger charge is -2.12. The molecule has 0 bridgehead atoms. The molecular formula is C19H29FIN5. The van der Waals surface area contributed by atoms with E-state index < -0.39 is 0 Å². The molecule has 0 saturated carbocycles. The number of nitrogens with zero attached hydrogens (tertiary/aromatic N) is 3. The number of hydrogen-bond acceptors (Lipinski definition) is 2. The van der Waals surface area contributed by atoms with E-state index in [0.717, 1.165) is 25.1 Å². The van der Waals surface area contributed by atoms with E-state index in [-0.39, 0.29) is 29.8 Å². The molecule has 2 aromatic rings. The fourth-order valence-corrected chi connectivity index (χ4v) is 2.90. The van der Waals surface area contributed by atoms with Gasteiger partial charge in [0.1, 0.15) is 5.82 Å². The van der Waals surface area contributed by atoms with Crippen molar-refractivity contribution in [2.45, 2.75) is 46.7 Å². The van der Waals surface area contributed by atoms with Gasteiger partial charge in [-0.1, -0.05) is 32.0 Å². The summed E-state index contributed by atoms with van der Waals surface area (Å²) in [6, 6.07) is 6.73. The van der Waals surface area contributed by atoms with Crippen molar-refractivity contribution in [3.8, 4) is 0 Å². The zero-order valence-electron chi connectivity index (χ0n) is 16.0. The number of aryl methyl sites for hydroxylation is 2. The molecule has 1 heterocycles. The van der Waals surface area contributed by atoms with Gasteiger partial charge < -0.3 is 10.6 Å². The van der Waals surface area contributed by atoms with Crippen LogP contribution in [0.1, 0.15) is 43.3 Å². The normalized spacial score (nSPS) is 11.2. The average Bonchev–Trinajstić information content (AvgIpc) is 2.93. The second kappa shape index (κ2) is 11.2. The maximum atomic E-state index is 13.8. The molecule has 0 atom stereocenters. The van der Waals surface area contributed by atoms with Crippen LogP contribution < -0.4 is 10.6 Å². The number of halogens is 2. The van der Waals surface area contributed by atoms with Crippen molar-refractivity contribution in [3.63, 3.8) is 0 Å². The molecule has 0 aliphatic heterocycles. The first-order chi connectivity index (χ1) is 12.1. The quantitative estimate of drug-likeness (QED) is 0.368. The fourth-order valence-electron chi connectivity index (χ4n) is 2.90. The van der Waals surface area contributed by atoms with Crippen LogP contribution in [0.4, 0.5) is 4.39 Å². The minimum absolute atomic E-state index is 0. The van der Waals surface area contributed by atoms with Crippen molar-refractivity contribution in [2.75, 3.05) is 6.54 Å². The second-order valence-electron chi connectivity index (χ2n) is 5.84. The molecule has 144 valence electrons. The largest absolute Gasteiger partial charge is 0.357 e. The van der Waals surface area contributed by atoms with Crippen LogP contribution in [-0.4, -0.2) is 22.3 Å². The van der Waals surface area contributed by atoms with Gasteiger partial charge in [0, 0.05) is 37.0 Å². The Morgan fingerprint density at radius 3 is 2.50 bits per heavy atom. The van der Waals surface area contributed by atoms with Gasteiger partial charge in [0.25, 0.3) is 0 Å². The Labute approximate surface area is 172 Å². The zero-order valence-corrected chi connectivity index (χ0v) is 18.3. The molecule has 0 fully saturated rings. The Morgan fingerprint density at radius 1 is 1.15 bits per heavy atom. The third kappa shape index (κ3) is 5.69. The minimum Gasteiger partial charge on any atom is -0.357 e. The molecule has 0 unspecified atom stereocenters. The van der Waals surface area contributed by atoms with E-state index in [0.29, 0.717) is 24.6 Å². The van der Waals surface area contributed by atoms with Crippen molar-refractivity contribution in [1.82, 2.24) is 20.4 Å². The Kier molecular flexibility index (Phi) is 9.61. The summed E-state index contributed by atoms with van der Waals surface area (Å²) < 4.78 is 15.7. The zero-order chi connectivity index (χ0) is 18.2. The highest BCUT2D eigenvalue weighted by molar-refractivity contribution is 14.0. The number of rotatable bonds is 7. The molecule has 0 amide bonds. The van der Waals surface area contributed by atoms with Crippen molar-refractivity contribution in [3.05, 3.63) is 52.6 Å². The molecule has 26 heavy (non-hydrogen) atoms. The van der Waals surface area contributed by atoms with Crippen molar-refractivity contribution < 1.29 is 4.39 Å². The van der Waals surface area contributed by atoms with E-state index in [4.69, 9.17) is 0 Å². The average molecular weight is 473 g/mol. The maximum absolute atomic E-state index is 13.8. The highest BCUT2D eigenvalue weighted by atomic mass is 127. The molecule has 0 aliphatic rings. The maximum Gasteiger partial charge on any atom is 0.191 e. The number of aromatic nitrogens is 2. The first-order valence-corrected chi connectivity index (χ1v) is 8.89. The highest BCUT2D eigenvalue weighted by Gasteiger charge is 2.13. The van der Waals surface area contributed by atoms with Crippen LogP contribution in [0.25, 0.3) is 0 Å². The Morgan fingerprint density at radius 2 is 1.88 bits per heavy atom. The van der Waals surface area contributed by atoms with E-state index in [1.54, 1.807) is 12.1 Å². The lowest BCUT2D eigenvalue weighted by atomic mass is 10.1. The minimum atomic E-state index is -0.226. The van der Waals surface area contributed by atoms with Crippen molar-refractivity contribution in [1.29, 1.82) is 0 Å². The third-order valence-corrected chi connectivity index (χ3v) is 4.17. The van der Waals surface area contributed by atoms with Crippen LogP contribution in [0.5, 0.6) is 0 Å². The van der Waals surface area contributed by atoms with Gasteiger partial charge in [0.15, 0.2) is 5.96 Å². The van der Waals surface area contributed by atoms with Gasteiger partial charge in [-0.2, -0.15) is 5.10 Å². The molecule has 5 nitrogen and oxygen atoms in total. The molecule has 2 rings (SSSR count). The van der Waals surface area contributed by atoms with Crippen LogP contribution in [0.15, 0.2) is 29.3 Å². The lowest BCUT2D eigenvalue weighted by Crippen LogP contribution is -2.37. The Hall–Kier alpha value is -1.64. The highest BCUT2D eigenvalue weighted by Crippen LogP contribution is 2.15. The van der Waals surface area contributed by atoms with Gasteiger partial charge >= 0.3 is 0 Å². The molecule has 0 spiro atoms. The van der Waals surface area contributed by atoms with Crippen molar-refractivity contribution >= 4 is 29.9 Å². The van der Waals surface area contributed by atoms with E-state index in [9.17, 15) is 4.39 Å². The Bertz CT molecular complexity index is 727. The molecular weight excluding hydrogens is 444 g/mol. The van der Waals surface area contributed by atoms with Gasteiger partial charge in [-0.05, 0) is 25.8 Å². The van der Waals surface area contributed by atoms with E-state index in [1.165, 1.54) is 17.3 Å². The monoisotopic (exact) mass is 473 g/mol. The molecule has 0 radical (unpaired) electrons. The van der Waals surface area contributed by atoms with Gasteiger partial charge in [0.05, 0.1) is 12.2 Å². The van der Waals surface area contributed by atoms with E-state index in [1.807, 2.05) is 24.7 Å². The summed E-state index contributed by atoms with van der Waals surface area (Å²) in [4.78, 5) is 4.50. The summed E-state index contributed by atoms with van der Waals surface area (Å²) in [5, 5.41) is 11.2. The predicted molar refractivity (Wildman–Crippen MR) is 115 cm³/mol. The topological polar surface area (TPSA) is 54.2 Å². The number of benzene rings is 1. The van der Waals surface area contributed by atoms with E-state index >= 15 is 0 Å². The van der Waals surface area contributed by atoms with Gasteiger partial charge in [0.2, 0.25) is 0 Å². The molecule has 0 saturated heterocycles. The van der Waals surface area contributed by atoms with Gasteiger partial charge in [-0.15, -0.1) is 24.0 Å². The molecule has 1 aromatic carbocycles. The van der Waals surface area contributed by atoms with Crippen LogP contribution in [0.2, 0.25) is 0 Å². The second-order valence-corrected chi connectivity index (χ2v) is 5.84. The number of aliphatic imine (C=N–C) groups is 1.